The molecule has 1 aliphatic rings. The van der Waals surface area contributed by atoms with E-state index < -0.39 is 0 Å². The third-order valence-electron chi connectivity index (χ3n) is 3.07. The van der Waals surface area contributed by atoms with Gasteiger partial charge in [-0.2, -0.15) is 0 Å². The Morgan fingerprint density at radius 3 is 2.87 bits per heavy atom. The Balaban J connectivity index is 2.56. The average molecular weight is 203 g/mol. The monoisotopic (exact) mass is 203 g/mol. The van der Waals surface area contributed by atoms with E-state index in [2.05, 4.69) is 31.5 Å². The van der Waals surface area contributed by atoms with Crippen molar-refractivity contribution in [3.63, 3.8) is 0 Å². The van der Waals surface area contributed by atoms with Crippen LogP contribution in [0.2, 0.25) is 0 Å². The molecular formula is C13H17NO. The molecular weight excluding hydrogens is 186 g/mol. The largest absolute Gasteiger partial charge is 0.496 e. The summed E-state index contributed by atoms with van der Waals surface area (Å²) in [6.07, 6.45) is 0. The molecule has 1 heterocycles. The second kappa shape index (κ2) is 3.61. The number of methoxy groups -OCH3 is 1. The van der Waals surface area contributed by atoms with Crippen molar-refractivity contribution in [2.45, 2.75) is 12.8 Å². The van der Waals surface area contributed by atoms with Crippen LogP contribution in [0.4, 0.5) is 5.69 Å². The predicted octanol–water partition coefficient (Wildman–Crippen LogP) is 2.80. The lowest BCUT2D eigenvalue weighted by molar-refractivity contribution is 0.409. The van der Waals surface area contributed by atoms with Crippen LogP contribution in [0.5, 0.6) is 5.75 Å². The molecule has 0 saturated heterocycles. The molecule has 0 spiro atoms. The summed E-state index contributed by atoms with van der Waals surface area (Å²) >= 11 is 0. The first kappa shape index (κ1) is 10.1. The first-order valence-electron chi connectivity index (χ1n) is 5.18. The number of rotatable bonds is 2. The van der Waals surface area contributed by atoms with E-state index in [1.54, 1.807) is 7.11 Å². The topological polar surface area (TPSA) is 12.5 Å². The minimum atomic E-state index is 0.404. The van der Waals surface area contributed by atoms with Gasteiger partial charge in [-0.1, -0.05) is 18.2 Å². The van der Waals surface area contributed by atoms with Gasteiger partial charge in [-0.05, 0) is 19.1 Å². The number of likely N-dealkylation sites (N-methyl/N-ethyl adjacent to an activating group) is 1. The fraction of sp³-hybridized carbons (Fsp3) is 0.385. The molecule has 2 rings (SSSR count). The van der Waals surface area contributed by atoms with Crippen LogP contribution in [-0.4, -0.2) is 20.7 Å². The molecule has 1 aromatic rings. The molecule has 1 unspecified atom stereocenters. The van der Waals surface area contributed by atoms with Crippen LogP contribution in [0, 0.1) is 0 Å². The number of hydrogen-bond acceptors (Lipinski definition) is 2. The van der Waals surface area contributed by atoms with Crippen molar-refractivity contribution in [3.05, 3.63) is 35.9 Å². The summed E-state index contributed by atoms with van der Waals surface area (Å²) in [5, 5.41) is 0. The summed E-state index contributed by atoms with van der Waals surface area (Å²) in [5.74, 6) is 1.38. The molecule has 2 heteroatoms. The molecule has 1 aliphatic heterocycles. The van der Waals surface area contributed by atoms with Gasteiger partial charge in [0.25, 0.3) is 0 Å². The molecule has 0 radical (unpaired) electrons. The van der Waals surface area contributed by atoms with Crippen molar-refractivity contribution in [2.75, 3.05) is 25.6 Å². The smallest absolute Gasteiger partial charge is 0.124 e. The lowest BCUT2D eigenvalue weighted by Crippen LogP contribution is -2.15. The molecule has 0 bridgehead atoms. The zero-order chi connectivity index (χ0) is 11.0. The van der Waals surface area contributed by atoms with Gasteiger partial charge in [-0.25, -0.2) is 0 Å². The Morgan fingerprint density at radius 1 is 1.53 bits per heavy atom. The number of fused-ring (bicyclic) bond motifs is 1. The lowest BCUT2D eigenvalue weighted by Gasteiger charge is -2.13. The van der Waals surface area contributed by atoms with Crippen LogP contribution in [0.3, 0.4) is 0 Å². The van der Waals surface area contributed by atoms with E-state index in [1.807, 2.05) is 12.1 Å². The van der Waals surface area contributed by atoms with Gasteiger partial charge in [0.05, 0.1) is 7.11 Å². The molecule has 0 fully saturated rings. The normalized spacial score (nSPS) is 18.9. The van der Waals surface area contributed by atoms with Crippen molar-refractivity contribution in [2.24, 2.45) is 0 Å². The Kier molecular flexibility index (Phi) is 2.43. The Morgan fingerprint density at radius 2 is 2.27 bits per heavy atom. The van der Waals surface area contributed by atoms with Crippen LogP contribution in [0.15, 0.2) is 30.4 Å². The van der Waals surface area contributed by atoms with Crippen molar-refractivity contribution < 1.29 is 4.74 Å². The molecule has 15 heavy (non-hydrogen) atoms. The van der Waals surface area contributed by atoms with Crippen LogP contribution in [0.1, 0.15) is 18.4 Å². The molecule has 0 saturated carbocycles. The van der Waals surface area contributed by atoms with Crippen molar-refractivity contribution in [1.29, 1.82) is 0 Å². The van der Waals surface area contributed by atoms with Crippen LogP contribution in [0.25, 0.3) is 0 Å². The maximum atomic E-state index is 5.42. The van der Waals surface area contributed by atoms with Crippen molar-refractivity contribution in [1.82, 2.24) is 0 Å². The fourth-order valence-corrected chi connectivity index (χ4v) is 2.26. The van der Waals surface area contributed by atoms with Crippen molar-refractivity contribution in [3.8, 4) is 5.75 Å². The molecule has 0 aliphatic carbocycles. The van der Waals surface area contributed by atoms with Gasteiger partial charge < -0.3 is 9.64 Å². The molecule has 2 nitrogen and oxygen atoms in total. The van der Waals surface area contributed by atoms with E-state index in [0.29, 0.717) is 5.92 Å². The summed E-state index contributed by atoms with van der Waals surface area (Å²) in [7, 11) is 3.84. The van der Waals surface area contributed by atoms with Gasteiger partial charge in [0.15, 0.2) is 0 Å². The van der Waals surface area contributed by atoms with E-state index in [4.69, 9.17) is 4.74 Å². The second-order valence-corrected chi connectivity index (χ2v) is 4.17. The Hall–Kier alpha value is -1.44. The van der Waals surface area contributed by atoms with Crippen LogP contribution >= 0.6 is 0 Å². The van der Waals surface area contributed by atoms with Gasteiger partial charge >= 0.3 is 0 Å². The summed E-state index contributed by atoms with van der Waals surface area (Å²) in [6.45, 7) is 7.15. The van der Waals surface area contributed by atoms with E-state index >= 15 is 0 Å². The van der Waals surface area contributed by atoms with E-state index in [9.17, 15) is 0 Å². The summed E-state index contributed by atoms with van der Waals surface area (Å²) in [5.41, 5.74) is 3.75. The minimum Gasteiger partial charge on any atom is -0.496 e. The van der Waals surface area contributed by atoms with Gasteiger partial charge in [-0.3, -0.25) is 0 Å². The van der Waals surface area contributed by atoms with Crippen LogP contribution < -0.4 is 9.64 Å². The van der Waals surface area contributed by atoms with Crippen molar-refractivity contribution >= 4 is 5.69 Å². The SMILES string of the molecule is C=C(C)C1CN(C)c2cccc(OC)c21. The fourth-order valence-electron chi connectivity index (χ4n) is 2.26. The minimum absolute atomic E-state index is 0.404. The lowest BCUT2D eigenvalue weighted by atomic mass is 9.94. The third-order valence-corrected chi connectivity index (χ3v) is 3.07. The Labute approximate surface area is 91.2 Å². The molecule has 80 valence electrons. The maximum Gasteiger partial charge on any atom is 0.124 e. The zero-order valence-corrected chi connectivity index (χ0v) is 9.58. The highest BCUT2D eigenvalue weighted by Crippen LogP contribution is 2.43. The summed E-state index contributed by atoms with van der Waals surface area (Å²) < 4.78 is 5.42. The molecule has 0 N–H and O–H groups in total. The summed E-state index contributed by atoms with van der Waals surface area (Å²) in [6, 6.07) is 6.20. The van der Waals surface area contributed by atoms with E-state index in [1.165, 1.54) is 16.8 Å². The van der Waals surface area contributed by atoms with Crippen LogP contribution in [-0.2, 0) is 0 Å². The second-order valence-electron chi connectivity index (χ2n) is 4.17. The molecule has 0 amide bonds. The van der Waals surface area contributed by atoms with Gasteiger partial charge in [0.1, 0.15) is 5.75 Å². The molecule has 0 aromatic heterocycles. The van der Waals surface area contributed by atoms with E-state index in [-0.39, 0.29) is 0 Å². The highest BCUT2D eigenvalue weighted by Gasteiger charge is 2.29. The van der Waals surface area contributed by atoms with Gasteiger partial charge in [-0.15, -0.1) is 0 Å². The zero-order valence-electron chi connectivity index (χ0n) is 9.58. The number of ether oxygens (including phenoxy) is 1. The number of hydrogen-bond donors (Lipinski definition) is 0. The standard InChI is InChI=1S/C13H17NO/c1-9(2)10-8-14(3)11-6-5-7-12(15-4)13(10)11/h5-7,10H,1,8H2,2-4H3. The first-order chi connectivity index (χ1) is 7.15. The highest BCUT2D eigenvalue weighted by atomic mass is 16.5. The van der Waals surface area contributed by atoms with Gasteiger partial charge in [0.2, 0.25) is 0 Å². The number of anilines is 1. The molecule has 1 aromatic carbocycles. The number of nitrogens with zero attached hydrogens (tertiary/aromatic N) is 1. The Bertz CT molecular complexity index is 398. The summed E-state index contributed by atoms with van der Waals surface area (Å²) in [4.78, 5) is 2.26. The quantitative estimate of drug-likeness (QED) is 0.685. The molecule has 1 atom stereocenters. The van der Waals surface area contributed by atoms with Gasteiger partial charge in [0, 0.05) is 30.8 Å². The number of benzene rings is 1. The first-order valence-corrected chi connectivity index (χ1v) is 5.18. The highest BCUT2D eigenvalue weighted by molar-refractivity contribution is 5.66. The predicted molar refractivity (Wildman–Crippen MR) is 63.8 cm³/mol. The average Bonchev–Trinajstić information content (AvgIpc) is 2.56. The van der Waals surface area contributed by atoms with E-state index in [0.717, 1.165) is 12.3 Å². The third kappa shape index (κ3) is 1.50. The maximum absolute atomic E-state index is 5.42.